The standard InChI is InChI=1S/C31H2F17N5.C22H3F8N4.C10H5F6N.CH3F.CH2O3.2Cs.H/c1-52-28(14-22(37)17(32)8(5-51)18(33)23(14)38)13-9(10(13)7(4-50)12-20(35)26(41)29(53-2)27(42)21(12)36)6(3-49)11-15(30(43,44)45)24(39)16(31(46,47)48)25(40)19(11)34;1-6-10(7(3-31)12-16(25)14(23)9(5-33)15(24)17(12)26)11(6)8(4-32)13-18(27)20(29)22(34-2)21(30)19(13)28;1-4-5(2-3-17)8(12)9(13)6(7(4)11)10(14,15)16;1-2;2-1-4-3;;;/h6,28H;1H3;2H2,1H3;1H3;1,3H;;;/q;-1;;;;2*+1;-1/p-1/b10-7-;11-8+;;;;;;/i;;;1D;;;;. The first-order valence-electron chi connectivity index (χ1n) is 27.6. The van der Waals surface area contributed by atoms with Crippen LogP contribution in [0.3, 0.4) is 0 Å². The number of nitriles is 6. The van der Waals surface area contributed by atoms with Crippen molar-refractivity contribution in [2.75, 3.05) is 7.15 Å². The zero-order valence-corrected chi connectivity index (χ0v) is 66.5. The summed E-state index contributed by atoms with van der Waals surface area (Å²) in [6.07, 6.45) is -19.0. The first kappa shape index (κ1) is 96.6. The molecule has 0 aromatic heterocycles. The van der Waals surface area contributed by atoms with Crippen molar-refractivity contribution in [3.8, 4) is 36.4 Å². The third-order valence-electron chi connectivity index (χ3n) is 14.6. The Bertz CT molecular complexity index is 5490. The number of allylic oxidation sites excluding steroid dienone is 7. The molecule has 2 aliphatic carbocycles. The Morgan fingerprint density at radius 1 is 0.509 bits per heavy atom. The van der Waals surface area contributed by atoms with Crippen molar-refractivity contribution in [1.82, 2.24) is 0 Å². The summed E-state index contributed by atoms with van der Waals surface area (Å²) in [7, 11) is -1.00. The second-order valence-electron chi connectivity index (χ2n) is 20.1. The average Bonchev–Trinajstić information content (AvgIpc) is 1.53. The van der Waals surface area contributed by atoms with E-state index in [1.165, 1.54) is 18.0 Å². The van der Waals surface area contributed by atoms with Crippen molar-refractivity contribution in [2.24, 2.45) is 0 Å². The third-order valence-corrected chi connectivity index (χ3v) is 14.6. The van der Waals surface area contributed by atoms with E-state index in [1.807, 2.05) is 0 Å². The molecule has 0 spiro atoms. The Morgan fingerprint density at radius 3 is 1.16 bits per heavy atom. The van der Waals surface area contributed by atoms with Gasteiger partial charge in [-0.2, -0.15) is 71.1 Å². The quantitative estimate of drug-likeness (QED) is 0.0185. The van der Waals surface area contributed by atoms with Crippen LogP contribution < -0.4 is 143 Å². The summed E-state index contributed by atoms with van der Waals surface area (Å²) in [5.41, 5.74) is -39.0. The second kappa shape index (κ2) is 38.8. The molecular weight excluding hydrogens is 1840 g/mol. The smallest absolute Gasteiger partial charge is 1.00 e. The van der Waals surface area contributed by atoms with E-state index < -0.39 is 295 Å². The van der Waals surface area contributed by atoms with E-state index in [-0.39, 0.29) is 151 Å². The van der Waals surface area contributed by atoms with Gasteiger partial charge in [0.2, 0.25) is 0 Å². The SMILES string of the molecule is Cc1c(F)c(C(F)(F)F)c(F)c(F)c1CC#N.O=CO[O-].[2H]CF.[C-]#[N+]c1c(F)c(F)c(/C(C#N)=C2C(C(C#N)c3c(F)c(F)c(C(F)(F)F)c(F)c3C(F)(F)F)=C/2C([N+]#[C-])c2c(F)c(F)c(C#N)c(F)c2F)c(F)c1F.[C-]#[N+]c1c(F)c(F)c(/C(C#N)=C2C(C)=C\2C(=C=[N-])c2c(F)c(F)c(C#N)c(F)c2F)c(F)c1F.[Cs+].[Cs+].[H-]. The van der Waals surface area contributed by atoms with Crippen molar-refractivity contribution >= 4 is 40.4 Å². The molecule has 570 valence electrons. The molecule has 6 aromatic carbocycles. The summed E-state index contributed by atoms with van der Waals surface area (Å²) < 4.78 is 452. The maximum Gasteiger partial charge on any atom is 1.00 e. The zero-order chi connectivity index (χ0) is 85.5. The molecule has 0 saturated heterocycles. The first-order chi connectivity index (χ1) is 51.5. The van der Waals surface area contributed by atoms with Crippen molar-refractivity contribution < 1.29 is 296 Å². The molecule has 2 atom stereocenters. The molecule has 0 amide bonds. The molecule has 0 fully saturated rings. The van der Waals surface area contributed by atoms with Gasteiger partial charge in [-0.15, -0.1) is 0 Å². The molecule has 2 aliphatic rings. The van der Waals surface area contributed by atoms with Gasteiger partial charge >= 0.3 is 156 Å². The molecular formula is C65H15Cs2F32N10O3-. The number of halogens is 32. The van der Waals surface area contributed by atoms with Crippen LogP contribution in [0, 0.1) is 223 Å². The number of alkyl halides is 10. The number of carbonyl (C=O) groups is 1. The first-order valence-corrected chi connectivity index (χ1v) is 26.9. The summed E-state index contributed by atoms with van der Waals surface area (Å²) in [4.78, 5) is 18.3. The van der Waals surface area contributed by atoms with Gasteiger partial charge in [0.15, 0.2) is 122 Å². The fourth-order valence-corrected chi connectivity index (χ4v) is 9.88. The average molecular weight is 1860 g/mol. The Hall–Kier alpha value is -9.57. The minimum absolute atomic E-state index is 0. The molecule has 0 heterocycles. The number of carbonyl (C=O) groups excluding carboxylic acids is 1. The van der Waals surface area contributed by atoms with Crippen LogP contribution in [0.1, 0.15) is 88.4 Å². The predicted molar refractivity (Wildman–Crippen MR) is 298 cm³/mol. The molecule has 112 heavy (non-hydrogen) atoms. The molecule has 8 rings (SSSR count). The van der Waals surface area contributed by atoms with Crippen molar-refractivity contribution in [2.45, 2.75) is 50.8 Å². The van der Waals surface area contributed by atoms with Gasteiger partial charge in [0.05, 0.1) is 79.2 Å². The number of benzene rings is 6. The van der Waals surface area contributed by atoms with Crippen LogP contribution in [0.15, 0.2) is 33.4 Å². The van der Waals surface area contributed by atoms with Crippen LogP contribution in [0.4, 0.5) is 152 Å². The molecule has 0 bridgehead atoms. The molecule has 0 aliphatic heterocycles. The minimum atomic E-state index is -6.53. The number of hydrogen-bond donors (Lipinski definition) is 0. The predicted octanol–water partition coefficient (Wildman–Crippen LogP) is 13.0. The van der Waals surface area contributed by atoms with Crippen LogP contribution in [-0.2, 0) is 34.6 Å². The number of nitrogens with zero attached hydrogens (tertiary/aromatic N) is 10. The number of hydrogen-bond acceptors (Lipinski definition) is 9. The maximum absolute atomic E-state index is 15.3. The van der Waals surface area contributed by atoms with Crippen molar-refractivity contribution in [3.63, 3.8) is 0 Å². The fourth-order valence-electron chi connectivity index (χ4n) is 9.88. The van der Waals surface area contributed by atoms with Gasteiger partial charge in [0, 0.05) is 33.4 Å². The zero-order valence-electron chi connectivity index (χ0n) is 55.9. The van der Waals surface area contributed by atoms with E-state index in [1.54, 1.807) is 0 Å². The van der Waals surface area contributed by atoms with Gasteiger partial charge in [-0.3, -0.25) is 15.1 Å². The van der Waals surface area contributed by atoms with E-state index in [0.717, 1.165) is 26.0 Å². The van der Waals surface area contributed by atoms with E-state index >= 15 is 22.0 Å². The summed E-state index contributed by atoms with van der Waals surface area (Å²) in [5, 5.41) is 72.7. The summed E-state index contributed by atoms with van der Waals surface area (Å²) in [5.74, 6) is -56.8. The summed E-state index contributed by atoms with van der Waals surface area (Å²) >= 11 is 0. The van der Waals surface area contributed by atoms with E-state index in [2.05, 4.69) is 19.4 Å². The monoisotopic (exact) mass is 1860 g/mol. The van der Waals surface area contributed by atoms with Gasteiger partial charge in [0.25, 0.3) is 23.9 Å². The van der Waals surface area contributed by atoms with Crippen LogP contribution in [-0.4, -0.2) is 19.5 Å². The minimum Gasteiger partial charge on any atom is -1.00 e. The van der Waals surface area contributed by atoms with Crippen molar-refractivity contribution in [3.05, 3.63) is 268 Å². The van der Waals surface area contributed by atoms with E-state index in [0.29, 0.717) is 12.1 Å². The van der Waals surface area contributed by atoms with Gasteiger partial charge in [0.1, 0.15) is 63.8 Å². The molecule has 6 aromatic rings. The van der Waals surface area contributed by atoms with Crippen LogP contribution in [0.5, 0.6) is 0 Å². The van der Waals surface area contributed by atoms with Crippen LogP contribution >= 0.6 is 0 Å². The Balaban J connectivity index is 0.000000905. The molecule has 0 radical (unpaired) electrons. The topological polar surface area (TPSA) is 227 Å². The van der Waals surface area contributed by atoms with Gasteiger partial charge < -0.3 is 21.8 Å². The van der Waals surface area contributed by atoms with Gasteiger partial charge in [-0.1, -0.05) is 0 Å². The van der Waals surface area contributed by atoms with E-state index in [4.69, 9.17) is 46.9 Å². The molecule has 0 saturated carbocycles. The molecule has 47 heteroatoms. The van der Waals surface area contributed by atoms with Crippen LogP contribution in [0.2, 0.25) is 0 Å². The van der Waals surface area contributed by atoms with E-state index in [9.17, 15) is 140 Å². The molecule has 0 N–H and O–H groups in total. The Kier molecular flexibility index (Phi) is 33.5. The van der Waals surface area contributed by atoms with Gasteiger partial charge in [-0.05, 0) is 30.6 Å². The Labute approximate surface area is 722 Å². The fraction of sp³-hybridized carbons (Fsp3) is 0.138. The van der Waals surface area contributed by atoms with Gasteiger partial charge in [-0.25, -0.2) is 113 Å². The largest absolute Gasteiger partial charge is 1.00 e. The third kappa shape index (κ3) is 18.1. The Morgan fingerprint density at radius 2 is 0.848 bits per heavy atom. The summed E-state index contributed by atoms with van der Waals surface area (Å²) in [6.45, 7) is 22.5. The summed E-state index contributed by atoms with van der Waals surface area (Å²) in [6, 6.07) is 2.55. The molecule has 13 nitrogen and oxygen atoms in total. The normalized spacial score (nSPS) is 13.2. The maximum atomic E-state index is 15.3. The van der Waals surface area contributed by atoms with Crippen LogP contribution in [0.25, 0.3) is 36.7 Å². The number of rotatable bonds is 10. The second-order valence-corrected chi connectivity index (χ2v) is 20.1. The van der Waals surface area contributed by atoms with Crippen molar-refractivity contribution in [1.29, 1.82) is 31.6 Å². The molecule has 2 unspecified atom stereocenters.